The molecule has 0 aliphatic carbocycles. The van der Waals surface area contributed by atoms with Crippen LogP contribution < -0.4 is 5.73 Å². The van der Waals surface area contributed by atoms with Crippen LogP contribution in [-0.4, -0.2) is 22.9 Å². The third kappa shape index (κ3) is 7.88. The summed E-state index contributed by atoms with van der Waals surface area (Å²) in [4.78, 5) is 0. The number of nitrogens with two attached hydrogens (primary N) is 1. The molecule has 0 unspecified atom stereocenters. The molecule has 0 bridgehead atoms. The van der Waals surface area contributed by atoms with Crippen LogP contribution in [0.3, 0.4) is 0 Å². The molecule has 0 saturated carbocycles. The minimum Gasteiger partial charge on any atom is -0.424 e. The molecular formula is C7H17NOSi. The van der Waals surface area contributed by atoms with Gasteiger partial charge in [0.25, 0.3) is 0 Å². The lowest BCUT2D eigenvalue weighted by molar-refractivity contribution is 0.304. The second kappa shape index (κ2) is 8.88. The highest BCUT2D eigenvalue weighted by Gasteiger charge is 1.96. The van der Waals surface area contributed by atoms with Crippen LogP contribution in [0.4, 0.5) is 0 Å². The zero-order valence-corrected chi connectivity index (χ0v) is 7.93. The Balaban J connectivity index is 0.000000180. The van der Waals surface area contributed by atoms with Crippen LogP contribution in [0.5, 0.6) is 0 Å². The SMILES string of the molecule is C1CC[SiH2]OC1.C=CCN. The molecule has 10 heavy (non-hydrogen) atoms. The van der Waals surface area contributed by atoms with E-state index in [2.05, 4.69) is 6.58 Å². The van der Waals surface area contributed by atoms with Gasteiger partial charge in [-0.1, -0.05) is 12.5 Å². The molecule has 2 nitrogen and oxygen atoms in total. The van der Waals surface area contributed by atoms with Gasteiger partial charge in [0, 0.05) is 13.2 Å². The van der Waals surface area contributed by atoms with E-state index in [4.69, 9.17) is 10.2 Å². The van der Waals surface area contributed by atoms with E-state index in [0.717, 1.165) is 6.61 Å². The van der Waals surface area contributed by atoms with Gasteiger partial charge in [-0.2, -0.15) is 0 Å². The molecule has 0 amide bonds. The molecular weight excluding hydrogens is 142 g/mol. The monoisotopic (exact) mass is 159 g/mol. The molecule has 1 fully saturated rings. The minimum atomic E-state index is 0.00849. The molecule has 1 aliphatic rings. The summed E-state index contributed by atoms with van der Waals surface area (Å²) in [6, 6.07) is 1.42. The lowest BCUT2D eigenvalue weighted by Crippen LogP contribution is -2.06. The topological polar surface area (TPSA) is 35.2 Å². The molecule has 1 saturated heterocycles. The molecule has 60 valence electrons. The zero-order chi connectivity index (χ0) is 7.66. The zero-order valence-electron chi connectivity index (χ0n) is 6.51. The molecule has 3 heteroatoms. The number of rotatable bonds is 1. The predicted molar refractivity (Wildman–Crippen MR) is 47.8 cm³/mol. The Morgan fingerprint density at radius 1 is 1.60 bits per heavy atom. The quantitative estimate of drug-likeness (QED) is 0.445. The Morgan fingerprint density at radius 2 is 2.30 bits per heavy atom. The van der Waals surface area contributed by atoms with Crippen molar-refractivity contribution in [1.29, 1.82) is 0 Å². The van der Waals surface area contributed by atoms with Crippen molar-refractivity contribution < 1.29 is 4.43 Å². The van der Waals surface area contributed by atoms with Gasteiger partial charge in [-0.05, 0) is 12.5 Å². The van der Waals surface area contributed by atoms with Crippen LogP contribution >= 0.6 is 0 Å². The van der Waals surface area contributed by atoms with Crippen LogP contribution in [-0.2, 0) is 4.43 Å². The van der Waals surface area contributed by atoms with Gasteiger partial charge in [0.15, 0.2) is 9.76 Å². The summed E-state index contributed by atoms with van der Waals surface area (Å²) in [6.07, 6.45) is 4.40. The van der Waals surface area contributed by atoms with Crippen molar-refractivity contribution in [1.82, 2.24) is 0 Å². The van der Waals surface area contributed by atoms with Crippen LogP contribution in [0.15, 0.2) is 12.7 Å². The average molecular weight is 159 g/mol. The maximum atomic E-state index is 5.21. The fraction of sp³-hybridized carbons (Fsp3) is 0.714. The second-order valence-corrected chi connectivity index (χ2v) is 3.72. The van der Waals surface area contributed by atoms with Gasteiger partial charge in [-0.3, -0.25) is 0 Å². The van der Waals surface area contributed by atoms with E-state index >= 15 is 0 Å². The van der Waals surface area contributed by atoms with Crippen LogP contribution in [0.2, 0.25) is 6.04 Å². The molecule has 0 aromatic rings. The second-order valence-electron chi connectivity index (χ2n) is 2.20. The summed E-state index contributed by atoms with van der Waals surface area (Å²) in [6.45, 7) is 5.00. The van der Waals surface area contributed by atoms with E-state index in [1.807, 2.05) is 0 Å². The predicted octanol–water partition coefficient (Wildman–Crippen LogP) is 0.430. The summed E-state index contributed by atoms with van der Waals surface area (Å²) >= 11 is 0. The average Bonchev–Trinajstić information content (AvgIpc) is 2.08. The number of hydrogen-bond donors (Lipinski definition) is 1. The van der Waals surface area contributed by atoms with E-state index in [0.29, 0.717) is 6.54 Å². The third-order valence-electron chi connectivity index (χ3n) is 1.24. The first-order valence-electron chi connectivity index (χ1n) is 3.80. The van der Waals surface area contributed by atoms with Crippen molar-refractivity contribution >= 4 is 9.76 Å². The number of hydrogen-bond acceptors (Lipinski definition) is 2. The van der Waals surface area contributed by atoms with Gasteiger partial charge in [0.2, 0.25) is 0 Å². The van der Waals surface area contributed by atoms with Crippen LogP contribution in [0.25, 0.3) is 0 Å². The Morgan fingerprint density at radius 3 is 2.40 bits per heavy atom. The standard InChI is InChI=1S/C4H10OSi.C3H7N/c1-2-4-6-5-3-1;1-2-3-4/h1-4,6H2;2H,1,3-4H2. The first kappa shape index (κ1) is 9.88. The van der Waals surface area contributed by atoms with Crippen molar-refractivity contribution in [2.45, 2.75) is 18.9 Å². The van der Waals surface area contributed by atoms with E-state index in [-0.39, 0.29) is 9.76 Å². The van der Waals surface area contributed by atoms with Gasteiger partial charge in [-0.15, -0.1) is 6.58 Å². The molecule has 1 heterocycles. The first-order chi connectivity index (χ1) is 4.91. The summed E-state index contributed by atoms with van der Waals surface area (Å²) < 4.78 is 5.21. The Bertz CT molecular complexity index is 62.5. The Hall–Kier alpha value is -0.123. The Kier molecular flexibility index (Phi) is 8.77. The molecule has 0 spiro atoms. The lowest BCUT2D eigenvalue weighted by Gasteiger charge is -2.07. The van der Waals surface area contributed by atoms with Crippen molar-refractivity contribution in [2.75, 3.05) is 13.2 Å². The largest absolute Gasteiger partial charge is 0.424 e. The van der Waals surface area contributed by atoms with Crippen molar-refractivity contribution in [3.63, 3.8) is 0 Å². The maximum Gasteiger partial charge on any atom is 0.161 e. The lowest BCUT2D eigenvalue weighted by atomic mass is 10.4. The van der Waals surface area contributed by atoms with E-state index in [1.165, 1.54) is 18.9 Å². The Labute approximate surface area is 65.4 Å². The smallest absolute Gasteiger partial charge is 0.161 e. The molecule has 1 aliphatic heterocycles. The molecule has 0 radical (unpaired) electrons. The van der Waals surface area contributed by atoms with Gasteiger partial charge in [0.05, 0.1) is 0 Å². The fourth-order valence-electron chi connectivity index (χ4n) is 0.687. The highest BCUT2D eigenvalue weighted by molar-refractivity contribution is 6.27. The maximum absolute atomic E-state index is 5.21. The van der Waals surface area contributed by atoms with Gasteiger partial charge < -0.3 is 10.2 Å². The summed E-state index contributed by atoms with van der Waals surface area (Å²) in [7, 11) is 0.00849. The van der Waals surface area contributed by atoms with E-state index in [9.17, 15) is 0 Å². The summed E-state index contributed by atoms with van der Waals surface area (Å²) in [5.41, 5.74) is 4.91. The van der Waals surface area contributed by atoms with Crippen LogP contribution in [0, 0.1) is 0 Å². The molecule has 0 atom stereocenters. The van der Waals surface area contributed by atoms with E-state index in [1.54, 1.807) is 6.08 Å². The first-order valence-corrected chi connectivity index (χ1v) is 5.38. The molecule has 0 aromatic carbocycles. The molecule has 0 aromatic heterocycles. The minimum absolute atomic E-state index is 0.00849. The highest BCUT2D eigenvalue weighted by atomic mass is 28.2. The summed E-state index contributed by atoms with van der Waals surface area (Å²) in [5, 5.41) is 0. The van der Waals surface area contributed by atoms with Gasteiger partial charge in [-0.25, -0.2) is 0 Å². The van der Waals surface area contributed by atoms with Gasteiger partial charge in [0.1, 0.15) is 0 Å². The van der Waals surface area contributed by atoms with Crippen molar-refractivity contribution in [2.24, 2.45) is 5.73 Å². The fourth-order valence-corrected chi connectivity index (χ4v) is 1.86. The van der Waals surface area contributed by atoms with Crippen LogP contribution in [0.1, 0.15) is 12.8 Å². The molecule has 1 rings (SSSR count). The van der Waals surface area contributed by atoms with Gasteiger partial charge >= 0.3 is 0 Å². The third-order valence-corrected chi connectivity index (χ3v) is 2.61. The highest BCUT2D eigenvalue weighted by Crippen LogP contribution is 2.01. The normalized spacial score (nSPS) is 19.3. The summed E-state index contributed by atoms with van der Waals surface area (Å²) in [5.74, 6) is 0. The van der Waals surface area contributed by atoms with Crippen molar-refractivity contribution in [3.8, 4) is 0 Å². The van der Waals surface area contributed by atoms with Crippen molar-refractivity contribution in [3.05, 3.63) is 12.7 Å². The van der Waals surface area contributed by atoms with E-state index < -0.39 is 0 Å². The molecule has 2 N–H and O–H groups in total.